The van der Waals surface area contributed by atoms with Gasteiger partial charge in [0.05, 0.1) is 28.9 Å². The van der Waals surface area contributed by atoms with E-state index in [4.69, 9.17) is 25.6 Å². The largest absolute Gasteiger partial charge is 0.514 e. The van der Waals surface area contributed by atoms with Crippen molar-refractivity contribution in [3.05, 3.63) is 22.8 Å². The number of amides is 1. The van der Waals surface area contributed by atoms with Crippen molar-refractivity contribution in [2.24, 2.45) is 0 Å². The number of nitrogens with zero attached hydrogens (tertiary/aromatic N) is 3. The summed E-state index contributed by atoms with van der Waals surface area (Å²) in [5.74, 6) is 0. The van der Waals surface area contributed by atoms with Crippen molar-refractivity contribution in [2.45, 2.75) is 98.1 Å². The lowest BCUT2D eigenvalue weighted by molar-refractivity contribution is -0.000717. The minimum absolute atomic E-state index is 0.0899. The van der Waals surface area contributed by atoms with E-state index in [-0.39, 0.29) is 18.2 Å². The zero-order valence-corrected chi connectivity index (χ0v) is 24.1. The van der Waals surface area contributed by atoms with Crippen molar-refractivity contribution in [3.8, 4) is 0 Å². The van der Waals surface area contributed by atoms with E-state index in [0.29, 0.717) is 23.8 Å². The number of carbonyl (C=O) groups excluding carboxylic acids is 1. The molecule has 0 aliphatic carbocycles. The second-order valence-electron chi connectivity index (χ2n) is 10.4. The summed E-state index contributed by atoms with van der Waals surface area (Å²) < 4.78 is 20.3. The van der Waals surface area contributed by atoms with Gasteiger partial charge < -0.3 is 18.9 Å². The number of carbonyl (C=O) groups is 1. The molecule has 192 valence electrons. The molecular weight excluding hydrogens is 473 g/mol. The zero-order chi connectivity index (χ0) is 26.1. The Hall–Kier alpha value is -0.995. The van der Waals surface area contributed by atoms with Crippen LogP contribution in [0, 0.1) is 0 Å². The van der Waals surface area contributed by atoms with Gasteiger partial charge in [-0.1, -0.05) is 37.4 Å². The van der Waals surface area contributed by atoms with Crippen LogP contribution in [-0.2, 0) is 14.0 Å². The van der Waals surface area contributed by atoms with Gasteiger partial charge in [-0.25, -0.2) is 14.1 Å². The lowest BCUT2D eigenvalue weighted by Crippen LogP contribution is -2.54. The summed E-state index contributed by atoms with van der Waals surface area (Å²) >= 11 is 8.11. The smallest absolute Gasteiger partial charge is 0.444 e. The SMILES string of the molecule is CC.CSN1CCN(C(=O)OC(C)(C)C)[C@H](C)C1c1cc(Cl)nc(B2OC(C)(C)C(C)(C)O2)c1. The Morgan fingerprint density at radius 2 is 1.74 bits per heavy atom. The van der Waals surface area contributed by atoms with Crippen LogP contribution in [0.1, 0.15) is 80.8 Å². The van der Waals surface area contributed by atoms with Crippen LogP contribution < -0.4 is 5.59 Å². The Kier molecular flexibility index (Phi) is 9.42. The molecule has 7 nitrogen and oxygen atoms in total. The van der Waals surface area contributed by atoms with E-state index < -0.39 is 23.9 Å². The molecule has 1 amide bonds. The summed E-state index contributed by atoms with van der Waals surface area (Å²) in [6, 6.07) is 3.62. The fraction of sp³-hybridized carbons (Fsp3) is 0.750. The molecule has 0 aromatic carbocycles. The van der Waals surface area contributed by atoms with Crippen molar-refractivity contribution < 1.29 is 18.8 Å². The van der Waals surface area contributed by atoms with Crippen LogP contribution >= 0.6 is 23.5 Å². The van der Waals surface area contributed by atoms with Crippen LogP contribution in [0.3, 0.4) is 0 Å². The molecule has 2 aliphatic rings. The molecule has 0 N–H and O–H groups in total. The van der Waals surface area contributed by atoms with Gasteiger partial charge >= 0.3 is 13.2 Å². The Morgan fingerprint density at radius 3 is 2.24 bits per heavy atom. The predicted octanol–water partition coefficient (Wildman–Crippen LogP) is 5.32. The third kappa shape index (κ3) is 6.41. The first-order chi connectivity index (χ1) is 15.6. The molecule has 2 atom stereocenters. The number of halogens is 1. The van der Waals surface area contributed by atoms with Crippen molar-refractivity contribution >= 4 is 42.4 Å². The lowest BCUT2D eigenvalue weighted by Gasteiger charge is -2.45. The minimum atomic E-state index is -0.610. The number of aromatic nitrogens is 1. The first-order valence-corrected chi connectivity index (χ1v) is 13.5. The second kappa shape index (κ2) is 11.0. The van der Waals surface area contributed by atoms with E-state index in [1.807, 2.05) is 87.6 Å². The quantitative estimate of drug-likeness (QED) is 0.308. The molecule has 1 aromatic rings. The van der Waals surface area contributed by atoms with E-state index in [1.54, 1.807) is 16.8 Å². The van der Waals surface area contributed by atoms with Gasteiger partial charge in [-0.2, -0.15) is 0 Å². The number of hydrogen-bond donors (Lipinski definition) is 0. The number of pyridine rings is 1. The van der Waals surface area contributed by atoms with Gasteiger partial charge in [-0.3, -0.25) is 0 Å². The summed E-state index contributed by atoms with van der Waals surface area (Å²) in [4.78, 5) is 19.2. The van der Waals surface area contributed by atoms with E-state index >= 15 is 0 Å². The average molecular weight is 514 g/mol. The molecular formula is C24H41BClN3O4S. The summed E-state index contributed by atoms with van der Waals surface area (Å²) in [5.41, 5.74) is 0.100. The fourth-order valence-electron chi connectivity index (χ4n) is 3.98. The van der Waals surface area contributed by atoms with Crippen LogP contribution in [0.5, 0.6) is 0 Å². The van der Waals surface area contributed by atoms with Gasteiger partial charge in [0.1, 0.15) is 10.8 Å². The van der Waals surface area contributed by atoms with Gasteiger partial charge in [-0.05, 0) is 79.3 Å². The third-order valence-electron chi connectivity index (χ3n) is 6.36. The van der Waals surface area contributed by atoms with Crippen LogP contribution in [0.25, 0.3) is 0 Å². The average Bonchev–Trinajstić information content (AvgIpc) is 2.94. The van der Waals surface area contributed by atoms with Crippen molar-refractivity contribution in [1.29, 1.82) is 0 Å². The molecule has 1 aromatic heterocycles. The number of hydrogen-bond acceptors (Lipinski definition) is 7. The highest BCUT2D eigenvalue weighted by Crippen LogP contribution is 2.38. The van der Waals surface area contributed by atoms with Gasteiger partial charge in [0.2, 0.25) is 0 Å². The molecule has 1 unspecified atom stereocenters. The summed E-state index contributed by atoms with van der Waals surface area (Å²) in [5, 5.41) is 0.370. The van der Waals surface area contributed by atoms with Gasteiger partial charge in [-0.15, -0.1) is 0 Å². The maximum Gasteiger partial charge on any atom is 0.514 e. The number of rotatable bonds is 3. The molecule has 0 radical (unpaired) electrons. The molecule has 2 saturated heterocycles. The molecule has 0 saturated carbocycles. The molecule has 0 bridgehead atoms. The van der Waals surface area contributed by atoms with Crippen LogP contribution in [0.4, 0.5) is 4.79 Å². The highest BCUT2D eigenvalue weighted by Gasteiger charge is 2.52. The van der Waals surface area contributed by atoms with Crippen LogP contribution in [0.15, 0.2) is 12.1 Å². The molecule has 10 heteroatoms. The zero-order valence-electron chi connectivity index (χ0n) is 22.6. The Labute approximate surface area is 215 Å². The fourth-order valence-corrected chi connectivity index (χ4v) is 4.99. The minimum Gasteiger partial charge on any atom is -0.444 e. The van der Waals surface area contributed by atoms with E-state index in [2.05, 4.69) is 9.29 Å². The second-order valence-corrected chi connectivity index (χ2v) is 11.6. The molecule has 0 spiro atoms. The maximum atomic E-state index is 12.9. The molecule has 2 aliphatic heterocycles. The molecule has 2 fully saturated rings. The van der Waals surface area contributed by atoms with Crippen LogP contribution in [0.2, 0.25) is 5.15 Å². The monoisotopic (exact) mass is 513 g/mol. The van der Waals surface area contributed by atoms with Gasteiger partial charge in [0, 0.05) is 13.1 Å². The highest BCUT2D eigenvalue weighted by atomic mass is 35.5. The van der Waals surface area contributed by atoms with E-state index in [1.165, 1.54) is 0 Å². The topological polar surface area (TPSA) is 64.1 Å². The summed E-state index contributed by atoms with van der Waals surface area (Å²) in [7, 11) is -0.610. The van der Waals surface area contributed by atoms with Crippen molar-refractivity contribution in [2.75, 3.05) is 19.3 Å². The first-order valence-electron chi connectivity index (χ1n) is 12.0. The number of ether oxygens (including phenoxy) is 1. The Balaban J connectivity index is 0.00000199. The van der Waals surface area contributed by atoms with Crippen molar-refractivity contribution in [3.63, 3.8) is 0 Å². The summed E-state index contributed by atoms with van der Waals surface area (Å²) in [6.45, 7) is 21.0. The van der Waals surface area contributed by atoms with Gasteiger partial charge in [0.25, 0.3) is 0 Å². The van der Waals surface area contributed by atoms with E-state index in [0.717, 1.165) is 5.56 Å². The molecule has 3 rings (SSSR count). The van der Waals surface area contributed by atoms with Crippen molar-refractivity contribution in [1.82, 2.24) is 14.2 Å². The first kappa shape index (κ1) is 29.2. The maximum absolute atomic E-state index is 12.9. The number of piperazine rings is 1. The Morgan fingerprint density at radius 1 is 1.18 bits per heavy atom. The summed E-state index contributed by atoms with van der Waals surface area (Å²) in [6.07, 6.45) is 1.74. The van der Waals surface area contributed by atoms with Gasteiger partial charge in [0.15, 0.2) is 0 Å². The standard InChI is InChI=1S/C22H35BClN3O4S.C2H6/c1-14-18(27(32-9)11-10-26(14)19(28)29-20(2,3)4)15-12-16(25-17(24)13-15)23-30-21(5,6)22(7,8)31-23;1-2/h12-14,18H,10-11H2,1-9H3;1-2H3/t14-,18?;/m1./s1. The highest BCUT2D eigenvalue weighted by molar-refractivity contribution is 7.96. The molecule has 34 heavy (non-hydrogen) atoms. The molecule has 3 heterocycles. The normalized spacial score (nSPS) is 24.5. The van der Waals surface area contributed by atoms with E-state index in [9.17, 15) is 4.79 Å². The van der Waals surface area contributed by atoms with Crippen LogP contribution in [-0.4, -0.2) is 69.6 Å². The predicted molar refractivity (Wildman–Crippen MR) is 142 cm³/mol. The Bertz CT molecular complexity index is 849. The lowest BCUT2D eigenvalue weighted by atomic mass is 9.82. The third-order valence-corrected chi connectivity index (χ3v) is 7.43.